The molecule has 0 aromatic carbocycles. The van der Waals surface area contributed by atoms with E-state index in [0.717, 1.165) is 25.7 Å². The average molecular weight is 514 g/mol. The van der Waals surface area contributed by atoms with Crippen molar-refractivity contribution in [2.24, 2.45) is 17.6 Å². The number of ether oxygens (including phenoxy) is 3. The number of nitrogens with zero attached hydrogens (tertiary/aromatic N) is 1. The highest BCUT2D eigenvalue weighted by atomic mass is 31.1. The molecule has 3 rings (SSSR count). The molecule has 2 heterocycles. The molecule has 0 amide bonds. The normalized spacial score (nSPS) is 27.9. The van der Waals surface area contributed by atoms with Crippen LogP contribution in [0.1, 0.15) is 65.0 Å². The van der Waals surface area contributed by atoms with Crippen molar-refractivity contribution in [3.8, 4) is 0 Å². The zero-order chi connectivity index (χ0) is 25.4. The maximum Gasteiger partial charge on any atom is 0.330 e. The summed E-state index contributed by atoms with van der Waals surface area (Å²) in [4.78, 5) is 38.4. The van der Waals surface area contributed by atoms with Crippen LogP contribution in [0.3, 0.4) is 0 Å². The number of aromatic nitrogens is 2. The zero-order valence-corrected chi connectivity index (χ0v) is 21.2. The molecule has 1 saturated carbocycles. The summed E-state index contributed by atoms with van der Waals surface area (Å²) in [6, 6.07) is 1.22. The summed E-state index contributed by atoms with van der Waals surface area (Å²) in [6.07, 6.45) is 5.87. The second kappa shape index (κ2) is 12.9. The van der Waals surface area contributed by atoms with Crippen LogP contribution in [0.5, 0.6) is 0 Å². The molecule has 11 nitrogen and oxygen atoms in total. The Labute approximate surface area is 205 Å². The standard InChI is InChI=1S/C23H36N3O8P/c1-3-15(20(28)33-16-6-4-5-7-16)9-12-31-13-10-17-18(14-32-35-30)34-21(23(17,2)24)26-11-8-19(27)25-22(26)29/h8,11,15-18,21H,3-7,9-10,12-14,24H2,1-2H3,(H,25,27,29)/t15?,17-,18-,21-,23-/m1/s1. The summed E-state index contributed by atoms with van der Waals surface area (Å²) < 4.78 is 34.6. The SMILES string of the molecule is CCC(CCOCC[C@@H]1[C@@H](COP=O)O[C@@H](n2ccc(=O)[nH]c2=O)[C@]1(C)N)C(=O)OC1CCCC1. The summed E-state index contributed by atoms with van der Waals surface area (Å²) in [5.41, 5.74) is 4.49. The number of hydrogen-bond acceptors (Lipinski definition) is 9. The lowest BCUT2D eigenvalue weighted by Gasteiger charge is -2.32. The van der Waals surface area contributed by atoms with Gasteiger partial charge in [0.15, 0.2) is 6.23 Å². The molecule has 5 atom stereocenters. The van der Waals surface area contributed by atoms with Gasteiger partial charge in [0.25, 0.3) is 5.56 Å². The van der Waals surface area contributed by atoms with Gasteiger partial charge in [0.05, 0.1) is 24.2 Å². The van der Waals surface area contributed by atoms with Crippen LogP contribution in [0.2, 0.25) is 0 Å². The van der Waals surface area contributed by atoms with Gasteiger partial charge in [-0.1, -0.05) is 6.92 Å². The number of esters is 1. The third kappa shape index (κ3) is 7.07. The van der Waals surface area contributed by atoms with E-state index in [9.17, 15) is 18.9 Å². The first kappa shape index (κ1) is 27.7. The maximum absolute atomic E-state index is 12.5. The van der Waals surface area contributed by atoms with E-state index in [4.69, 9.17) is 24.5 Å². The predicted molar refractivity (Wildman–Crippen MR) is 127 cm³/mol. The van der Waals surface area contributed by atoms with Gasteiger partial charge >= 0.3 is 20.3 Å². The van der Waals surface area contributed by atoms with Gasteiger partial charge in [0, 0.05) is 31.4 Å². The van der Waals surface area contributed by atoms with Crippen molar-refractivity contribution in [1.82, 2.24) is 9.55 Å². The highest BCUT2D eigenvalue weighted by Crippen LogP contribution is 2.42. The quantitative estimate of drug-likeness (QED) is 0.230. The van der Waals surface area contributed by atoms with E-state index in [1.807, 2.05) is 6.92 Å². The first-order valence-corrected chi connectivity index (χ1v) is 13.0. The van der Waals surface area contributed by atoms with Gasteiger partial charge in [0.1, 0.15) is 6.10 Å². The van der Waals surface area contributed by atoms with Crippen LogP contribution in [0.15, 0.2) is 21.9 Å². The van der Waals surface area contributed by atoms with Crippen LogP contribution in [0, 0.1) is 11.8 Å². The Morgan fingerprint density at radius 2 is 2.09 bits per heavy atom. The van der Waals surface area contributed by atoms with Gasteiger partial charge in [-0.15, -0.1) is 0 Å². The van der Waals surface area contributed by atoms with E-state index in [1.54, 1.807) is 6.92 Å². The Morgan fingerprint density at radius 3 is 2.74 bits per heavy atom. The Morgan fingerprint density at radius 1 is 1.34 bits per heavy atom. The van der Waals surface area contributed by atoms with E-state index < -0.39 is 37.8 Å². The molecule has 1 saturated heterocycles. The third-order valence-electron chi connectivity index (χ3n) is 7.07. The van der Waals surface area contributed by atoms with Gasteiger partial charge < -0.3 is 19.9 Å². The molecule has 1 aliphatic carbocycles. The van der Waals surface area contributed by atoms with Crippen molar-refractivity contribution in [3.63, 3.8) is 0 Å². The Balaban J connectivity index is 1.55. The van der Waals surface area contributed by atoms with E-state index in [2.05, 4.69) is 4.98 Å². The third-order valence-corrected chi connectivity index (χ3v) is 7.33. The van der Waals surface area contributed by atoms with Crippen molar-refractivity contribution in [2.75, 3.05) is 19.8 Å². The van der Waals surface area contributed by atoms with Crippen LogP contribution >= 0.6 is 8.69 Å². The number of H-pyrrole nitrogens is 1. The van der Waals surface area contributed by atoms with Gasteiger partial charge in [-0.25, -0.2) is 9.36 Å². The number of carbonyl (C=O) groups excluding carboxylic acids is 1. The largest absolute Gasteiger partial charge is 0.462 e. The molecule has 1 aliphatic heterocycles. The van der Waals surface area contributed by atoms with E-state index in [0.29, 0.717) is 32.5 Å². The molecule has 12 heteroatoms. The smallest absolute Gasteiger partial charge is 0.330 e. The zero-order valence-electron chi connectivity index (χ0n) is 20.4. The molecule has 3 N–H and O–H groups in total. The highest BCUT2D eigenvalue weighted by molar-refractivity contribution is 7.17. The number of hydrogen-bond donors (Lipinski definition) is 2. The van der Waals surface area contributed by atoms with E-state index >= 15 is 0 Å². The minimum absolute atomic E-state index is 0.0159. The molecule has 2 aliphatic rings. The van der Waals surface area contributed by atoms with Crippen LogP contribution in [0.4, 0.5) is 0 Å². The number of nitrogens with one attached hydrogen (secondary N) is 1. The number of aromatic amines is 1. The summed E-state index contributed by atoms with van der Waals surface area (Å²) in [7, 11) is -0.485. The lowest BCUT2D eigenvalue weighted by Crippen LogP contribution is -2.51. The van der Waals surface area contributed by atoms with Crippen LogP contribution in [-0.2, 0) is 28.1 Å². The second-order valence-electron chi connectivity index (χ2n) is 9.53. The van der Waals surface area contributed by atoms with Crippen LogP contribution < -0.4 is 17.0 Å². The van der Waals surface area contributed by atoms with E-state index in [-0.39, 0.29) is 30.5 Å². The van der Waals surface area contributed by atoms with Crippen LogP contribution in [0.25, 0.3) is 0 Å². The molecule has 2 fully saturated rings. The van der Waals surface area contributed by atoms with Crippen molar-refractivity contribution in [1.29, 1.82) is 0 Å². The number of nitrogens with two attached hydrogens (primary N) is 1. The number of carbonyl (C=O) groups is 1. The molecule has 35 heavy (non-hydrogen) atoms. The van der Waals surface area contributed by atoms with Gasteiger partial charge in [-0.05, 0) is 51.9 Å². The van der Waals surface area contributed by atoms with Gasteiger partial charge in [0.2, 0.25) is 0 Å². The fourth-order valence-electron chi connectivity index (χ4n) is 5.02. The van der Waals surface area contributed by atoms with Gasteiger partial charge in [-0.2, -0.15) is 0 Å². The van der Waals surface area contributed by atoms with Crippen LogP contribution in [-0.4, -0.2) is 53.1 Å². The molecular formula is C23H36N3O8P. The highest BCUT2D eigenvalue weighted by Gasteiger charge is 2.52. The van der Waals surface area contributed by atoms with Crippen molar-refractivity contribution >= 4 is 14.7 Å². The second-order valence-corrected chi connectivity index (χ2v) is 9.93. The Bertz CT molecular complexity index is 959. The first-order chi connectivity index (χ1) is 16.8. The minimum Gasteiger partial charge on any atom is -0.462 e. The van der Waals surface area contributed by atoms with Gasteiger partial charge in [-0.3, -0.25) is 23.7 Å². The average Bonchev–Trinajstić information content (AvgIpc) is 3.40. The molecule has 1 aromatic heterocycles. The fraction of sp³-hybridized carbons (Fsp3) is 0.783. The summed E-state index contributed by atoms with van der Waals surface area (Å²) in [5.74, 6) is -0.633. The number of rotatable bonds is 13. The lowest BCUT2D eigenvalue weighted by atomic mass is 9.82. The molecule has 0 spiro atoms. The molecule has 196 valence electrons. The summed E-state index contributed by atoms with van der Waals surface area (Å²) in [5, 5.41) is 0. The minimum atomic E-state index is -1.00. The summed E-state index contributed by atoms with van der Waals surface area (Å²) in [6.45, 7) is 4.50. The summed E-state index contributed by atoms with van der Waals surface area (Å²) >= 11 is 0. The Kier molecular flexibility index (Phi) is 10.2. The van der Waals surface area contributed by atoms with Crippen molar-refractivity contribution < 1.29 is 28.1 Å². The molecule has 0 bridgehead atoms. The first-order valence-electron chi connectivity index (χ1n) is 12.3. The molecular weight excluding hydrogens is 477 g/mol. The molecule has 1 unspecified atom stereocenters. The molecule has 0 radical (unpaired) electrons. The molecule has 1 aromatic rings. The van der Waals surface area contributed by atoms with Crippen molar-refractivity contribution in [3.05, 3.63) is 33.1 Å². The monoisotopic (exact) mass is 513 g/mol. The van der Waals surface area contributed by atoms with Crippen molar-refractivity contribution in [2.45, 2.75) is 82.8 Å². The Hall–Kier alpha value is -1.91. The predicted octanol–water partition coefficient (Wildman–Crippen LogP) is 2.30. The topological polar surface area (TPSA) is 152 Å². The lowest BCUT2D eigenvalue weighted by molar-refractivity contribution is -0.154. The fourth-order valence-corrected chi connectivity index (χ4v) is 5.23. The van der Waals surface area contributed by atoms with E-state index in [1.165, 1.54) is 16.8 Å². The maximum atomic E-state index is 12.5.